The van der Waals surface area contributed by atoms with Crippen molar-refractivity contribution < 1.29 is 9.21 Å². The Labute approximate surface area is 111 Å². The summed E-state index contributed by atoms with van der Waals surface area (Å²) in [6.07, 6.45) is 0. The Morgan fingerprint density at radius 3 is 2.84 bits per heavy atom. The monoisotopic (exact) mass is 274 g/mol. The third-order valence-electron chi connectivity index (χ3n) is 2.90. The molecule has 0 aliphatic rings. The van der Waals surface area contributed by atoms with E-state index < -0.39 is 5.76 Å². The highest BCUT2D eigenvalue weighted by atomic mass is 32.1. The van der Waals surface area contributed by atoms with Crippen LogP contribution in [-0.4, -0.2) is 10.5 Å². The van der Waals surface area contributed by atoms with E-state index in [-0.39, 0.29) is 11.5 Å². The molecule has 6 heteroatoms. The van der Waals surface area contributed by atoms with Gasteiger partial charge in [0.1, 0.15) is 5.52 Å². The zero-order chi connectivity index (χ0) is 13.6. The SMILES string of the molecule is Cc1ccsc1C(=O)n1c(=O)oc2c(N)cccc21. The number of benzene rings is 1. The van der Waals surface area contributed by atoms with E-state index >= 15 is 0 Å². The Morgan fingerprint density at radius 1 is 1.37 bits per heavy atom. The van der Waals surface area contributed by atoms with Gasteiger partial charge in [-0.1, -0.05) is 6.07 Å². The number of anilines is 1. The van der Waals surface area contributed by atoms with Gasteiger partial charge in [-0.15, -0.1) is 11.3 Å². The molecule has 0 saturated heterocycles. The third kappa shape index (κ3) is 1.68. The van der Waals surface area contributed by atoms with Crippen molar-refractivity contribution in [1.29, 1.82) is 0 Å². The molecule has 19 heavy (non-hydrogen) atoms. The second-order valence-corrected chi connectivity index (χ2v) is 5.05. The van der Waals surface area contributed by atoms with E-state index in [9.17, 15) is 9.59 Å². The number of hydrogen-bond donors (Lipinski definition) is 1. The van der Waals surface area contributed by atoms with Crippen molar-refractivity contribution in [3.8, 4) is 0 Å². The number of fused-ring (bicyclic) bond motifs is 1. The number of thiophene rings is 1. The van der Waals surface area contributed by atoms with Crippen LogP contribution >= 0.6 is 11.3 Å². The summed E-state index contributed by atoms with van der Waals surface area (Å²) in [5.74, 6) is -1.10. The number of para-hydroxylation sites is 1. The van der Waals surface area contributed by atoms with Gasteiger partial charge >= 0.3 is 5.76 Å². The fourth-order valence-corrected chi connectivity index (χ4v) is 2.80. The van der Waals surface area contributed by atoms with Gasteiger partial charge in [-0.2, -0.15) is 0 Å². The molecule has 0 aliphatic carbocycles. The molecule has 2 aromatic heterocycles. The summed E-state index contributed by atoms with van der Waals surface area (Å²) >= 11 is 1.30. The maximum atomic E-state index is 12.4. The molecule has 0 fully saturated rings. The number of nitrogens with zero attached hydrogens (tertiary/aromatic N) is 1. The Hall–Kier alpha value is -2.34. The number of carbonyl (C=O) groups is 1. The first kappa shape index (κ1) is 11.7. The molecule has 0 spiro atoms. The lowest BCUT2D eigenvalue weighted by Crippen LogP contribution is -2.22. The molecule has 0 bridgehead atoms. The van der Waals surface area contributed by atoms with Gasteiger partial charge in [0.25, 0.3) is 5.91 Å². The van der Waals surface area contributed by atoms with E-state index in [1.807, 2.05) is 18.4 Å². The third-order valence-corrected chi connectivity index (χ3v) is 3.90. The van der Waals surface area contributed by atoms with Crippen LogP contribution in [0.2, 0.25) is 0 Å². The lowest BCUT2D eigenvalue weighted by molar-refractivity contribution is 0.0960. The highest BCUT2D eigenvalue weighted by Crippen LogP contribution is 2.22. The largest absolute Gasteiger partial charge is 0.427 e. The van der Waals surface area contributed by atoms with Gasteiger partial charge in [-0.3, -0.25) is 4.79 Å². The minimum Gasteiger partial charge on any atom is -0.405 e. The Morgan fingerprint density at radius 2 is 2.16 bits per heavy atom. The lowest BCUT2D eigenvalue weighted by Gasteiger charge is -2.00. The molecule has 0 unspecified atom stereocenters. The highest BCUT2D eigenvalue weighted by Gasteiger charge is 2.20. The normalized spacial score (nSPS) is 11.0. The summed E-state index contributed by atoms with van der Waals surface area (Å²) in [6.45, 7) is 1.82. The van der Waals surface area contributed by atoms with Gasteiger partial charge in [0.15, 0.2) is 5.58 Å². The van der Waals surface area contributed by atoms with Crippen LogP contribution in [0.25, 0.3) is 11.1 Å². The topological polar surface area (TPSA) is 78.2 Å². The number of rotatable bonds is 1. The van der Waals surface area contributed by atoms with Gasteiger partial charge in [0.2, 0.25) is 0 Å². The van der Waals surface area contributed by atoms with Crippen molar-refractivity contribution >= 4 is 34.0 Å². The molecule has 0 saturated carbocycles. The Bertz CT molecular complexity index is 841. The number of nitrogens with two attached hydrogens (primary N) is 1. The fourth-order valence-electron chi connectivity index (χ4n) is 1.95. The zero-order valence-electron chi connectivity index (χ0n) is 10.0. The van der Waals surface area contributed by atoms with Gasteiger partial charge in [-0.05, 0) is 36.1 Å². The lowest BCUT2D eigenvalue weighted by atomic mass is 10.2. The predicted octanol–water partition coefficient (Wildman–Crippen LogP) is 2.24. The molecule has 0 aliphatic heterocycles. The van der Waals surface area contributed by atoms with Crippen molar-refractivity contribution in [2.45, 2.75) is 6.92 Å². The maximum absolute atomic E-state index is 12.4. The summed E-state index contributed by atoms with van der Waals surface area (Å²) in [4.78, 5) is 24.8. The summed E-state index contributed by atoms with van der Waals surface area (Å²) in [7, 11) is 0. The van der Waals surface area contributed by atoms with E-state index in [0.29, 0.717) is 16.1 Å². The molecule has 0 atom stereocenters. The highest BCUT2D eigenvalue weighted by molar-refractivity contribution is 7.12. The molecular weight excluding hydrogens is 264 g/mol. The molecular formula is C13H10N2O3S. The van der Waals surface area contributed by atoms with E-state index in [4.69, 9.17) is 10.2 Å². The average molecular weight is 274 g/mol. The minimum absolute atomic E-state index is 0.245. The summed E-state index contributed by atoms with van der Waals surface area (Å²) in [5, 5.41) is 1.81. The molecule has 1 aromatic carbocycles. The number of nitrogen functional groups attached to an aromatic ring is 1. The van der Waals surface area contributed by atoms with Crippen LogP contribution < -0.4 is 11.5 Å². The minimum atomic E-state index is -0.717. The quantitative estimate of drug-likeness (QED) is 0.690. The molecule has 0 radical (unpaired) electrons. The molecule has 2 N–H and O–H groups in total. The molecule has 3 rings (SSSR count). The van der Waals surface area contributed by atoms with Crippen molar-refractivity contribution in [3.63, 3.8) is 0 Å². The maximum Gasteiger partial charge on any atom is 0.427 e. The Balaban J connectivity index is 2.29. The summed E-state index contributed by atoms with van der Waals surface area (Å²) < 4.78 is 6.07. The van der Waals surface area contributed by atoms with Gasteiger partial charge < -0.3 is 10.2 Å². The van der Waals surface area contributed by atoms with Crippen molar-refractivity contribution in [2.75, 3.05) is 5.73 Å². The first-order chi connectivity index (χ1) is 9.09. The Kier molecular flexibility index (Phi) is 2.53. The van der Waals surface area contributed by atoms with Gasteiger partial charge in [-0.25, -0.2) is 9.36 Å². The van der Waals surface area contributed by atoms with Crippen LogP contribution in [0.15, 0.2) is 38.9 Å². The summed E-state index contributed by atoms with van der Waals surface area (Å²) in [5.41, 5.74) is 7.54. The van der Waals surface area contributed by atoms with Crippen molar-refractivity contribution in [1.82, 2.24) is 4.57 Å². The number of carbonyl (C=O) groups excluding carboxylic acids is 1. The van der Waals surface area contributed by atoms with Crippen LogP contribution in [0.3, 0.4) is 0 Å². The van der Waals surface area contributed by atoms with E-state index in [1.54, 1.807) is 18.2 Å². The number of aryl methyl sites for hydroxylation is 1. The van der Waals surface area contributed by atoms with Crippen molar-refractivity contribution in [2.24, 2.45) is 0 Å². The van der Waals surface area contributed by atoms with Crippen LogP contribution in [0, 0.1) is 6.92 Å². The standard InChI is InChI=1S/C13H10N2O3S/c1-7-5-6-19-11(7)12(16)15-9-4-2-3-8(14)10(9)18-13(15)17/h2-6H,14H2,1H3. The molecule has 2 heterocycles. The number of aromatic nitrogens is 1. The van der Waals surface area contributed by atoms with E-state index in [0.717, 1.165) is 10.1 Å². The fraction of sp³-hybridized carbons (Fsp3) is 0.0769. The van der Waals surface area contributed by atoms with E-state index in [2.05, 4.69) is 0 Å². The van der Waals surface area contributed by atoms with Crippen LogP contribution in [-0.2, 0) is 0 Å². The number of oxazole rings is 1. The predicted molar refractivity (Wildman–Crippen MR) is 73.7 cm³/mol. The van der Waals surface area contributed by atoms with Crippen LogP contribution in [0.4, 0.5) is 5.69 Å². The molecule has 3 aromatic rings. The van der Waals surface area contributed by atoms with Crippen LogP contribution in [0.1, 0.15) is 15.2 Å². The molecule has 0 amide bonds. The zero-order valence-corrected chi connectivity index (χ0v) is 10.9. The second-order valence-electron chi connectivity index (χ2n) is 4.14. The van der Waals surface area contributed by atoms with Crippen molar-refractivity contribution in [3.05, 3.63) is 50.6 Å². The second kappa shape index (κ2) is 4.10. The van der Waals surface area contributed by atoms with Gasteiger partial charge in [0, 0.05) is 0 Å². The number of hydrogen-bond acceptors (Lipinski definition) is 5. The molecule has 5 nitrogen and oxygen atoms in total. The van der Waals surface area contributed by atoms with Gasteiger partial charge in [0.05, 0.1) is 10.6 Å². The summed E-state index contributed by atoms with van der Waals surface area (Å²) in [6, 6.07) is 6.77. The smallest absolute Gasteiger partial charge is 0.405 e. The molecule has 96 valence electrons. The van der Waals surface area contributed by atoms with Crippen LogP contribution in [0.5, 0.6) is 0 Å². The first-order valence-electron chi connectivity index (χ1n) is 5.58. The van der Waals surface area contributed by atoms with E-state index in [1.165, 1.54) is 11.3 Å². The average Bonchev–Trinajstić information content (AvgIpc) is 2.93. The first-order valence-corrected chi connectivity index (χ1v) is 6.46.